The summed E-state index contributed by atoms with van der Waals surface area (Å²) in [5.74, 6) is -3.03. The first-order valence-electron chi connectivity index (χ1n) is 9.21. The molecule has 3 atom stereocenters. The number of hydrogen-bond donors (Lipinski definition) is 2. The summed E-state index contributed by atoms with van der Waals surface area (Å²) in [5, 5.41) is 6.80. The van der Waals surface area contributed by atoms with E-state index in [9.17, 15) is 13.2 Å². The van der Waals surface area contributed by atoms with Gasteiger partial charge in [0.15, 0.2) is 23.4 Å². The number of nitrogens with one attached hydrogen (secondary N) is 2. The first-order chi connectivity index (χ1) is 13.6. The number of benzene rings is 2. The zero-order valence-corrected chi connectivity index (χ0v) is 15.1. The SMILES string of the molecule is Fc1cc(CN=C2N[C@H](c3ccccc3)[C@H](C3C=CC=CC3)N2)cc(F)c1F. The molecule has 4 rings (SSSR count). The van der Waals surface area contributed by atoms with Gasteiger partial charge in [0, 0.05) is 5.92 Å². The fraction of sp³-hybridized carbons (Fsp3) is 0.227. The molecule has 2 aromatic carbocycles. The van der Waals surface area contributed by atoms with Crippen molar-refractivity contribution in [3.63, 3.8) is 0 Å². The average molecular weight is 383 g/mol. The van der Waals surface area contributed by atoms with Gasteiger partial charge in [-0.1, -0.05) is 54.6 Å². The Hall–Kier alpha value is -3.02. The topological polar surface area (TPSA) is 36.4 Å². The highest BCUT2D eigenvalue weighted by Gasteiger charge is 2.36. The van der Waals surface area contributed by atoms with Crippen molar-refractivity contribution < 1.29 is 13.2 Å². The molecule has 1 aliphatic heterocycles. The maximum atomic E-state index is 13.4. The van der Waals surface area contributed by atoms with Crippen molar-refractivity contribution in [3.8, 4) is 0 Å². The fourth-order valence-corrected chi connectivity index (χ4v) is 3.65. The number of rotatable bonds is 4. The van der Waals surface area contributed by atoms with E-state index in [0.29, 0.717) is 5.96 Å². The lowest BCUT2D eigenvalue weighted by Gasteiger charge is -2.26. The summed E-state index contributed by atoms with van der Waals surface area (Å²) in [6, 6.07) is 12.1. The highest BCUT2D eigenvalue weighted by atomic mass is 19.2. The molecule has 144 valence electrons. The van der Waals surface area contributed by atoms with Crippen LogP contribution in [0.25, 0.3) is 0 Å². The van der Waals surface area contributed by atoms with E-state index in [4.69, 9.17) is 0 Å². The monoisotopic (exact) mass is 383 g/mol. The largest absolute Gasteiger partial charge is 0.351 e. The minimum atomic E-state index is -1.46. The molecule has 1 unspecified atom stereocenters. The van der Waals surface area contributed by atoms with Crippen LogP contribution in [-0.2, 0) is 6.54 Å². The molecule has 1 fully saturated rings. The van der Waals surface area contributed by atoms with Crippen molar-refractivity contribution in [2.24, 2.45) is 10.9 Å². The molecule has 2 N–H and O–H groups in total. The Bertz CT molecular complexity index is 914. The molecule has 2 aliphatic rings. The summed E-state index contributed by atoms with van der Waals surface area (Å²) >= 11 is 0. The quantitative estimate of drug-likeness (QED) is 0.768. The van der Waals surface area contributed by atoms with Crippen molar-refractivity contribution in [1.82, 2.24) is 10.6 Å². The Morgan fingerprint density at radius 3 is 2.39 bits per heavy atom. The summed E-state index contributed by atoms with van der Waals surface area (Å²) < 4.78 is 40.0. The van der Waals surface area contributed by atoms with Gasteiger partial charge in [-0.05, 0) is 29.7 Å². The molecule has 0 saturated carbocycles. The van der Waals surface area contributed by atoms with Gasteiger partial charge < -0.3 is 10.6 Å². The smallest absolute Gasteiger partial charge is 0.194 e. The molecule has 3 nitrogen and oxygen atoms in total. The lowest BCUT2D eigenvalue weighted by Crippen LogP contribution is -2.35. The summed E-state index contributed by atoms with van der Waals surface area (Å²) in [6.07, 6.45) is 9.29. The Kier molecular flexibility index (Phi) is 5.19. The number of guanidine groups is 1. The molecule has 28 heavy (non-hydrogen) atoms. The van der Waals surface area contributed by atoms with Gasteiger partial charge in [-0.15, -0.1) is 0 Å². The van der Waals surface area contributed by atoms with Gasteiger partial charge in [0.05, 0.1) is 18.6 Å². The average Bonchev–Trinajstić information content (AvgIpc) is 3.16. The van der Waals surface area contributed by atoms with Crippen molar-refractivity contribution >= 4 is 5.96 Å². The minimum Gasteiger partial charge on any atom is -0.351 e. The molecule has 1 aliphatic carbocycles. The van der Waals surface area contributed by atoms with Crippen LogP contribution in [0.3, 0.4) is 0 Å². The van der Waals surface area contributed by atoms with E-state index in [-0.39, 0.29) is 30.1 Å². The van der Waals surface area contributed by atoms with E-state index in [2.05, 4.69) is 39.9 Å². The third-order valence-corrected chi connectivity index (χ3v) is 5.05. The standard InChI is InChI=1S/C22H20F3N3/c23-17-11-14(12-18(24)19(17)25)13-26-22-27-20(15-7-3-1-4-8-15)21(28-22)16-9-5-2-6-10-16/h1-9,11-12,16,20-21H,10,13H2,(H2,26,27,28)/t16?,20-,21+/m1/s1. The lowest BCUT2D eigenvalue weighted by molar-refractivity contribution is 0.418. The number of halogens is 3. The first kappa shape index (κ1) is 18.3. The van der Waals surface area contributed by atoms with Crippen LogP contribution in [-0.4, -0.2) is 12.0 Å². The van der Waals surface area contributed by atoms with Gasteiger partial charge in [0.1, 0.15) is 0 Å². The van der Waals surface area contributed by atoms with Gasteiger partial charge in [-0.2, -0.15) is 0 Å². The molecule has 0 radical (unpaired) electrons. The normalized spacial score (nSPS) is 25.0. The molecule has 2 aromatic rings. The molecule has 0 aromatic heterocycles. The van der Waals surface area contributed by atoms with Crippen LogP contribution in [0.1, 0.15) is 23.6 Å². The molecule has 0 bridgehead atoms. The van der Waals surface area contributed by atoms with Crippen LogP contribution in [0.2, 0.25) is 0 Å². The van der Waals surface area contributed by atoms with Gasteiger partial charge in [0.2, 0.25) is 0 Å². The zero-order chi connectivity index (χ0) is 19.5. The third-order valence-electron chi connectivity index (χ3n) is 5.05. The van der Waals surface area contributed by atoms with Crippen LogP contribution in [0.15, 0.2) is 71.8 Å². The molecule has 6 heteroatoms. The Balaban J connectivity index is 1.56. The molecule has 1 heterocycles. The van der Waals surface area contributed by atoms with Crippen molar-refractivity contribution in [2.75, 3.05) is 0 Å². The maximum Gasteiger partial charge on any atom is 0.194 e. The van der Waals surface area contributed by atoms with E-state index in [1.54, 1.807) is 0 Å². The summed E-state index contributed by atoms with van der Waals surface area (Å²) in [7, 11) is 0. The van der Waals surface area contributed by atoms with E-state index in [1.165, 1.54) is 0 Å². The summed E-state index contributed by atoms with van der Waals surface area (Å²) in [6.45, 7) is 0.0398. The van der Waals surface area contributed by atoms with Crippen LogP contribution in [0, 0.1) is 23.4 Å². The van der Waals surface area contributed by atoms with Gasteiger partial charge in [-0.25, -0.2) is 18.2 Å². The second-order valence-corrected chi connectivity index (χ2v) is 6.95. The zero-order valence-electron chi connectivity index (χ0n) is 15.1. The number of hydrogen-bond acceptors (Lipinski definition) is 1. The van der Waals surface area contributed by atoms with Gasteiger partial charge in [-0.3, -0.25) is 0 Å². The minimum absolute atomic E-state index is 0.0165. The van der Waals surface area contributed by atoms with Crippen LogP contribution < -0.4 is 10.6 Å². The number of allylic oxidation sites excluding steroid dienone is 3. The first-order valence-corrected chi connectivity index (χ1v) is 9.21. The predicted molar refractivity (Wildman–Crippen MR) is 103 cm³/mol. The molecular weight excluding hydrogens is 363 g/mol. The predicted octanol–water partition coefficient (Wildman–Crippen LogP) is 4.39. The highest BCUT2D eigenvalue weighted by molar-refractivity contribution is 5.83. The summed E-state index contributed by atoms with van der Waals surface area (Å²) in [5.41, 5.74) is 1.40. The van der Waals surface area contributed by atoms with Gasteiger partial charge >= 0.3 is 0 Å². The van der Waals surface area contributed by atoms with E-state index in [1.807, 2.05) is 30.4 Å². The molecule has 0 amide bonds. The van der Waals surface area contributed by atoms with Crippen molar-refractivity contribution in [3.05, 3.63) is 95.3 Å². The second kappa shape index (κ2) is 7.92. The number of nitrogens with zero attached hydrogens (tertiary/aromatic N) is 1. The molecule has 0 spiro atoms. The molecule has 1 saturated heterocycles. The highest BCUT2D eigenvalue weighted by Crippen LogP contribution is 2.30. The van der Waals surface area contributed by atoms with Crippen molar-refractivity contribution in [2.45, 2.75) is 25.0 Å². The second-order valence-electron chi connectivity index (χ2n) is 6.95. The third kappa shape index (κ3) is 3.81. The fourth-order valence-electron chi connectivity index (χ4n) is 3.65. The van der Waals surface area contributed by atoms with Crippen LogP contribution >= 0.6 is 0 Å². The maximum absolute atomic E-state index is 13.4. The lowest BCUT2D eigenvalue weighted by atomic mass is 9.86. The Labute approximate surface area is 161 Å². The van der Waals surface area contributed by atoms with Crippen LogP contribution in [0.4, 0.5) is 13.2 Å². The van der Waals surface area contributed by atoms with E-state index in [0.717, 1.165) is 24.1 Å². The number of aliphatic imine (C=N–C) groups is 1. The Morgan fingerprint density at radius 1 is 0.964 bits per heavy atom. The van der Waals surface area contributed by atoms with Crippen LogP contribution in [0.5, 0.6) is 0 Å². The summed E-state index contributed by atoms with van der Waals surface area (Å²) in [4.78, 5) is 4.42. The molecular formula is C22H20F3N3. The van der Waals surface area contributed by atoms with E-state index < -0.39 is 17.5 Å². The van der Waals surface area contributed by atoms with Crippen molar-refractivity contribution in [1.29, 1.82) is 0 Å². The van der Waals surface area contributed by atoms with E-state index >= 15 is 0 Å². The van der Waals surface area contributed by atoms with Gasteiger partial charge in [0.25, 0.3) is 0 Å². The Morgan fingerprint density at radius 2 is 1.71 bits per heavy atom.